The number of nitrogens with zero attached hydrogens (tertiary/aromatic N) is 4. The van der Waals surface area contributed by atoms with E-state index in [-0.39, 0.29) is 0 Å². The van der Waals surface area contributed by atoms with E-state index in [1.54, 1.807) is 0 Å². The van der Waals surface area contributed by atoms with Gasteiger partial charge in [0.05, 0.1) is 11.0 Å². The monoisotopic (exact) mass is 284 g/mol. The van der Waals surface area contributed by atoms with E-state index in [1.165, 1.54) is 17.5 Å². The number of hydrogen-bond acceptors (Lipinski definition) is 2. The lowest BCUT2D eigenvalue weighted by atomic mass is 10.1. The van der Waals surface area contributed by atoms with Crippen molar-refractivity contribution >= 4 is 11.0 Å². The molecule has 3 aromatic rings. The second-order valence-electron chi connectivity index (χ2n) is 5.67. The van der Waals surface area contributed by atoms with Gasteiger partial charge in [0.2, 0.25) is 6.33 Å². The van der Waals surface area contributed by atoms with Gasteiger partial charge in [0.1, 0.15) is 18.9 Å². The van der Waals surface area contributed by atoms with Gasteiger partial charge in [0.25, 0.3) is 6.33 Å². The third-order valence-corrected chi connectivity index (χ3v) is 3.85. The first kappa shape index (κ1) is 13.8. The molecule has 110 valence electrons. The number of hydrogen-bond donors (Lipinski definition) is 1. The topological polar surface area (TPSA) is 50.4 Å². The van der Waals surface area contributed by atoms with E-state index in [9.17, 15) is 0 Å². The molecule has 5 nitrogen and oxygen atoms in total. The lowest BCUT2D eigenvalue weighted by Crippen LogP contribution is -2.32. The smallest absolute Gasteiger partial charge is 0.265 e. The Morgan fingerprint density at radius 3 is 2.86 bits per heavy atom. The van der Waals surface area contributed by atoms with Crippen LogP contribution in [0.25, 0.3) is 11.0 Å². The summed E-state index contributed by atoms with van der Waals surface area (Å²) >= 11 is 0. The SMILES string of the molecule is CCCCn1c[n+](Cc2nc3cc(C)c(C)cc3[nH]2)cn1. The van der Waals surface area contributed by atoms with Gasteiger partial charge in [-0.05, 0) is 43.5 Å². The number of nitrogens with one attached hydrogen (secondary N) is 1. The van der Waals surface area contributed by atoms with E-state index in [4.69, 9.17) is 0 Å². The van der Waals surface area contributed by atoms with Gasteiger partial charge in [0.15, 0.2) is 0 Å². The molecular weight excluding hydrogens is 262 g/mol. The van der Waals surface area contributed by atoms with Crippen LogP contribution in [-0.2, 0) is 13.1 Å². The van der Waals surface area contributed by atoms with Gasteiger partial charge in [-0.1, -0.05) is 13.3 Å². The maximum absolute atomic E-state index is 4.67. The van der Waals surface area contributed by atoms with E-state index >= 15 is 0 Å². The molecule has 0 amide bonds. The molecule has 0 spiro atoms. The summed E-state index contributed by atoms with van der Waals surface area (Å²) < 4.78 is 4.05. The van der Waals surface area contributed by atoms with Crippen molar-refractivity contribution < 1.29 is 4.57 Å². The highest BCUT2D eigenvalue weighted by Crippen LogP contribution is 2.17. The van der Waals surface area contributed by atoms with Gasteiger partial charge in [-0.25, -0.2) is 9.55 Å². The Morgan fingerprint density at radius 2 is 2.05 bits per heavy atom. The van der Waals surface area contributed by atoms with E-state index in [0.29, 0.717) is 0 Å². The summed E-state index contributed by atoms with van der Waals surface area (Å²) in [6.07, 6.45) is 6.24. The Morgan fingerprint density at radius 1 is 1.24 bits per heavy atom. The third kappa shape index (κ3) is 2.96. The van der Waals surface area contributed by atoms with Crippen molar-refractivity contribution in [3.8, 4) is 0 Å². The maximum atomic E-state index is 4.67. The van der Waals surface area contributed by atoms with Crippen LogP contribution in [0.1, 0.15) is 36.7 Å². The van der Waals surface area contributed by atoms with Crippen LogP contribution in [0.15, 0.2) is 24.8 Å². The van der Waals surface area contributed by atoms with Crippen molar-refractivity contribution in [2.24, 2.45) is 0 Å². The standard InChI is InChI=1S/C16H22N5/c1-4-5-6-21-11-20(10-17-21)9-16-18-14-7-12(2)13(3)8-15(14)19-16/h7-8,10-11H,4-6,9H2,1-3H3,(H,18,19)/q+1. The largest absolute Gasteiger partial charge is 0.339 e. The highest BCUT2D eigenvalue weighted by atomic mass is 15.3. The Bertz CT molecular complexity index is 714. The summed E-state index contributed by atoms with van der Waals surface area (Å²) in [4.78, 5) is 8.06. The molecule has 2 aromatic heterocycles. The lowest BCUT2D eigenvalue weighted by molar-refractivity contribution is -0.690. The van der Waals surface area contributed by atoms with Gasteiger partial charge in [-0.15, -0.1) is 4.68 Å². The summed E-state index contributed by atoms with van der Waals surface area (Å²) in [5.41, 5.74) is 4.71. The molecule has 1 aromatic carbocycles. The quantitative estimate of drug-likeness (QED) is 0.732. The number of H-pyrrole nitrogens is 1. The van der Waals surface area contributed by atoms with Crippen molar-refractivity contribution in [3.05, 3.63) is 41.7 Å². The summed E-state index contributed by atoms with van der Waals surface area (Å²) in [5.74, 6) is 0.968. The second kappa shape index (κ2) is 5.68. The molecule has 0 atom stereocenters. The normalized spacial score (nSPS) is 11.4. The number of benzene rings is 1. The summed E-state index contributed by atoms with van der Waals surface area (Å²) in [5, 5.41) is 4.37. The van der Waals surface area contributed by atoms with Gasteiger partial charge >= 0.3 is 0 Å². The van der Waals surface area contributed by atoms with Gasteiger partial charge in [0, 0.05) is 5.10 Å². The van der Waals surface area contributed by atoms with Crippen LogP contribution < -0.4 is 4.57 Å². The van der Waals surface area contributed by atoms with Gasteiger partial charge < -0.3 is 4.98 Å². The minimum Gasteiger partial charge on any atom is -0.339 e. The van der Waals surface area contributed by atoms with Crippen LogP contribution in [0.5, 0.6) is 0 Å². The summed E-state index contributed by atoms with van der Waals surface area (Å²) in [7, 11) is 0. The first-order valence-electron chi connectivity index (χ1n) is 7.53. The number of aryl methyl sites for hydroxylation is 3. The Kier molecular flexibility index (Phi) is 3.73. The van der Waals surface area contributed by atoms with E-state index in [1.807, 2.05) is 17.3 Å². The van der Waals surface area contributed by atoms with E-state index < -0.39 is 0 Å². The zero-order chi connectivity index (χ0) is 14.8. The van der Waals surface area contributed by atoms with Gasteiger partial charge in [-0.3, -0.25) is 0 Å². The molecule has 0 aliphatic heterocycles. The molecule has 0 unspecified atom stereocenters. The van der Waals surface area contributed by atoms with Crippen LogP contribution >= 0.6 is 0 Å². The molecule has 0 bridgehead atoms. The predicted molar refractivity (Wildman–Crippen MR) is 82.0 cm³/mol. The number of aromatic amines is 1. The van der Waals surface area contributed by atoms with Crippen molar-refractivity contribution in [3.63, 3.8) is 0 Å². The fraction of sp³-hybridized carbons (Fsp3) is 0.438. The number of unbranched alkanes of at least 4 members (excludes halogenated alkanes) is 1. The fourth-order valence-electron chi connectivity index (χ4n) is 2.45. The fourth-order valence-corrected chi connectivity index (χ4v) is 2.45. The molecule has 0 fully saturated rings. The Balaban J connectivity index is 1.79. The lowest BCUT2D eigenvalue weighted by Gasteiger charge is -1.97. The molecule has 2 heterocycles. The second-order valence-corrected chi connectivity index (χ2v) is 5.67. The molecule has 5 heteroatoms. The number of imidazole rings is 1. The molecule has 0 radical (unpaired) electrons. The first-order chi connectivity index (χ1) is 10.2. The molecule has 0 aliphatic rings. The zero-order valence-corrected chi connectivity index (χ0v) is 12.9. The molecule has 21 heavy (non-hydrogen) atoms. The third-order valence-electron chi connectivity index (χ3n) is 3.85. The number of fused-ring (bicyclic) bond motifs is 1. The highest BCUT2D eigenvalue weighted by Gasteiger charge is 2.10. The van der Waals surface area contributed by atoms with Crippen LogP contribution in [0.3, 0.4) is 0 Å². The van der Waals surface area contributed by atoms with Crippen molar-refractivity contribution in [2.45, 2.75) is 46.7 Å². The minimum atomic E-state index is 0.721. The Hall–Kier alpha value is -2.17. The van der Waals surface area contributed by atoms with E-state index in [2.05, 4.69) is 52.5 Å². The molecule has 0 saturated carbocycles. The van der Waals surface area contributed by atoms with Crippen LogP contribution in [0, 0.1) is 13.8 Å². The molecule has 1 N–H and O–H groups in total. The van der Waals surface area contributed by atoms with Crippen LogP contribution in [0.4, 0.5) is 0 Å². The molecule has 3 rings (SSSR count). The molecule has 0 saturated heterocycles. The molecular formula is C16H22N5+. The highest BCUT2D eigenvalue weighted by molar-refractivity contribution is 5.77. The number of rotatable bonds is 5. The molecule has 0 aliphatic carbocycles. The van der Waals surface area contributed by atoms with Crippen molar-refractivity contribution in [2.75, 3.05) is 0 Å². The first-order valence-corrected chi connectivity index (χ1v) is 7.53. The van der Waals surface area contributed by atoms with Gasteiger partial charge in [-0.2, -0.15) is 0 Å². The average Bonchev–Trinajstić information content (AvgIpc) is 3.04. The van der Waals surface area contributed by atoms with Crippen molar-refractivity contribution in [1.29, 1.82) is 0 Å². The number of aromatic nitrogens is 5. The average molecular weight is 284 g/mol. The maximum Gasteiger partial charge on any atom is 0.265 e. The predicted octanol–water partition coefficient (Wildman–Crippen LogP) is 2.51. The van der Waals surface area contributed by atoms with Crippen LogP contribution in [-0.4, -0.2) is 19.7 Å². The zero-order valence-electron chi connectivity index (χ0n) is 12.9. The summed E-state index contributed by atoms with van der Waals surface area (Å²) in [6.45, 7) is 8.13. The van der Waals surface area contributed by atoms with E-state index in [0.717, 1.165) is 36.4 Å². The Labute approximate surface area is 124 Å². The van der Waals surface area contributed by atoms with Crippen LogP contribution in [0.2, 0.25) is 0 Å². The summed E-state index contributed by atoms with van der Waals surface area (Å²) in [6, 6.07) is 4.30. The van der Waals surface area contributed by atoms with Crippen molar-refractivity contribution in [1.82, 2.24) is 19.7 Å². The minimum absolute atomic E-state index is 0.721.